The van der Waals surface area contributed by atoms with Crippen molar-refractivity contribution in [2.24, 2.45) is 0 Å². The average molecular weight is 447 g/mol. The molecule has 0 spiro atoms. The molecule has 0 amide bonds. The number of Topliss-reactive ketones (excluding diaryl/α,β-unsaturated/α-hetero) is 2. The Balaban J connectivity index is 2.11. The minimum Gasteiger partial charge on any atom is -0.390 e. The van der Waals surface area contributed by atoms with Gasteiger partial charge in [-0.2, -0.15) is 0 Å². The van der Waals surface area contributed by atoms with Crippen molar-refractivity contribution in [2.75, 3.05) is 0 Å². The molecule has 1 atom stereocenters. The molecule has 0 aromatic heterocycles. The highest BCUT2D eigenvalue weighted by Gasteiger charge is 2.29. The van der Waals surface area contributed by atoms with Gasteiger partial charge in [0.05, 0.1) is 5.60 Å². The normalized spacial score (nSPS) is 16.8. The molecule has 1 N–H and O–H groups in total. The van der Waals surface area contributed by atoms with Crippen molar-refractivity contribution in [2.45, 2.75) is 149 Å². The van der Waals surface area contributed by atoms with Gasteiger partial charge in [0.2, 0.25) is 0 Å². The summed E-state index contributed by atoms with van der Waals surface area (Å²) in [4.78, 5) is 24.9. The Bertz CT molecular complexity index is 651. The van der Waals surface area contributed by atoms with Crippen molar-refractivity contribution in [1.29, 1.82) is 0 Å². The molecule has 1 rings (SSSR count). The number of allylic oxidation sites excluding steroid dienone is 4. The van der Waals surface area contributed by atoms with Gasteiger partial charge >= 0.3 is 0 Å². The third kappa shape index (κ3) is 10.6. The van der Waals surface area contributed by atoms with Crippen molar-refractivity contribution < 1.29 is 14.7 Å². The molecule has 1 aliphatic carbocycles. The fraction of sp³-hybridized carbons (Fsp3) is 0.793. The average Bonchev–Trinajstić information content (AvgIpc) is 2.76. The van der Waals surface area contributed by atoms with Crippen LogP contribution in [0.5, 0.6) is 0 Å². The van der Waals surface area contributed by atoms with E-state index < -0.39 is 5.60 Å². The molecule has 0 aromatic rings. The van der Waals surface area contributed by atoms with Gasteiger partial charge in [-0.1, -0.05) is 96.8 Å². The largest absolute Gasteiger partial charge is 0.390 e. The van der Waals surface area contributed by atoms with Crippen LogP contribution in [0, 0.1) is 0 Å². The second-order valence-electron chi connectivity index (χ2n) is 10.4. The first-order valence-corrected chi connectivity index (χ1v) is 13.4. The van der Waals surface area contributed by atoms with Crippen molar-refractivity contribution in [3.05, 3.63) is 22.3 Å². The summed E-state index contributed by atoms with van der Waals surface area (Å²) >= 11 is 0. The SMILES string of the molecule is CCCCCCCCCCCCCCCCC(C)(O)CCC1=C(C)C(=O)C(C)=C(C)C1=O. The maximum Gasteiger partial charge on any atom is 0.185 e. The van der Waals surface area contributed by atoms with Crippen LogP contribution in [0.4, 0.5) is 0 Å². The topological polar surface area (TPSA) is 54.4 Å². The quantitative estimate of drug-likeness (QED) is 0.170. The lowest BCUT2D eigenvalue weighted by atomic mass is 9.81. The minimum absolute atomic E-state index is 0.0214. The summed E-state index contributed by atoms with van der Waals surface area (Å²) in [6.45, 7) is 9.34. The zero-order valence-electron chi connectivity index (χ0n) is 21.8. The molecule has 1 unspecified atom stereocenters. The predicted molar refractivity (Wildman–Crippen MR) is 136 cm³/mol. The lowest BCUT2D eigenvalue weighted by Crippen LogP contribution is -2.26. The summed E-state index contributed by atoms with van der Waals surface area (Å²) in [5.41, 5.74) is 1.50. The summed E-state index contributed by atoms with van der Waals surface area (Å²) in [6, 6.07) is 0. The second kappa shape index (κ2) is 15.6. The minimum atomic E-state index is -0.780. The molecule has 0 aromatic carbocycles. The van der Waals surface area contributed by atoms with Gasteiger partial charge in [-0.25, -0.2) is 0 Å². The Morgan fingerprint density at radius 1 is 0.594 bits per heavy atom. The van der Waals surface area contributed by atoms with Crippen LogP contribution in [0.3, 0.4) is 0 Å². The van der Waals surface area contributed by atoms with Crippen molar-refractivity contribution >= 4 is 11.6 Å². The van der Waals surface area contributed by atoms with Gasteiger partial charge in [-0.15, -0.1) is 0 Å². The Hall–Kier alpha value is -1.22. The molecule has 0 fully saturated rings. The summed E-state index contributed by atoms with van der Waals surface area (Å²) in [6.07, 6.45) is 20.3. The van der Waals surface area contributed by atoms with E-state index >= 15 is 0 Å². The van der Waals surface area contributed by atoms with E-state index in [1.54, 1.807) is 20.8 Å². The molecule has 0 radical (unpaired) electrons. The van der Waals surface area contributed by atoms with Gasteiger partial charge in [0.1, 0.15) is 0 Å². The maximum absolute atomic E-state index is 12.6. The second-order valence-corrected chi connectivity index (χ2v) is 10.4. The number of unbranched alkanes of at least 4 members (excludes halogenated alkanes) is 13. The van der Waals surface area contributed by atoms with Gasteiger partial charge in [0.25, 0.3) is 0 Å². The van der Waals surface area contributed by atoms with E-state index in [9.17, 15) is 14.7 Å². The van der Waals surface area contributed by atoms with E-state index in [-0.39, 0.29) is 11.6 Å². The van der Waals surface area contributed by atoms with E-state index in [4.69, 9.17) is 0 Å². The molecule has 0 aliphatic heterocycles. The van der Waals surface area contributed by atoms with Crippen LogP contribution >= 0.6 is 0 Å². The Morgan fingerprint density at radius 3 is 1.47 bits per heavy atom. The molecule has 32 heavy (non-hydrogen) atoms. The molecule has 3 nitrogen and oxygen atoms in total. The first kappa shape index (κ1) is 28.8. The number of hydrogen-bond donors (Lipinski definition) is 1. The van der Waals surface area contributed by atoms with Crippen molar-refractivity contribution in [1.82, 2.24) is 0 Å². The number of ketones is 2. The highest BCUT2D eigenvalue weighted by atomic mass is 16.3. The highest BCUT2D eigenvalue weighted by molar-refractivity contribution is 6.24. The van der Waals surface area contributed by atoms with Crippen LogP contribution in [0.15, 0.2) is 22.3 Å². The smallest absolute Gasteiger partial charge is 0.185 e. The number of rotatable bonds is 18. The zero-order valence-corrected chi connectivity index (χ0v) is 21.8. The molecule has 0 saturated heterocycles. The fourth-order valence-corrected chi connectivity index (χ4v) is 4.68. The van der Waals surface area contributed by atoms with Crippen molar-refractivity contribution in [3.63, 3.8) is 0 Å². The van der Waals surface area contributed by atoms with E-state index in [1.807, 2.05) is 6.92 Å². The summed E-state index contributed by atoms with van der Waals surface area (Å²) in [5, 5.41) is 10.8. The third-order valence-corrected chi connectivity index (χ3v) is 7.29. The third-order valence-electron chi connectivity index (χ3n) is 7.29. The molecule has 184 valence electrons. The molecule has 0 heterocycles. The monoisotopic (exact) mass is 446 g/mol. The molecular weight excluding hydrogens is 396 g/mol. The summed E-state index contributed by atoms with van der Waals surface area (Å²) in [5.74, 6) is -0.0457. The number of carbonyl (C=O) groups excluding carboxylic acids is 2. The van der Waals surface area contributed by atoms with Crippen LogP contribution in [-0.2, 0) is 9.59 Å². The summed E-state index contributed by atoms with van der Waals surface area (Å²) in [7, 11) is 0. The van der Waals surface area contributed by atoms with E-state index in [2.05, 4.69) is 6.92 Å². The van der Waals surface area contributed by atoms with Crippen LogP contribution in [0.25, 0.3) is 0 Å². The summed E-state index contributed by atoms with van der Waals surface area (Å²) < 4.78 is 0. The number of carbonyl (C=O) groups is 2. The molecule has 0 saturated carbocycles. The maximum atomic E-state index is 12.6. The van der Waals surface area contributed by atoms with Crippen LogP contribution < -0.4 is 0 Å². The van der Waals surface area contributed by atoms with Gasteiger partial charge < -0.3 is 5.11 Å². The van der Waals surface area contributed by atoms with Crippen LogP contribution in [-0.4, -0.2) is 22.3 Å². The standard InChI is InChI=1S/C29H50O3/c1-6-7-8-9-10-11-12-13-14-15-16-17-18-19-21-29(5,32)22-20-26-25(4)27(30)23(2)24(3)28(26)31/h32H,6-22H2,1-5H3. The lowest BCUT2D eigenvalue weighted by molar-refractivity contribution is -0.116. The fourth-order valence-electron chi connectivity index (χ4n) is 4.68. The first-order chi connectivity index (χ1) is 15.2. The zero-order chi connectivity index (χ0) is 24.0. The Morgan fingerprint density at radius 2 is 1.00 bits per heavy atom. The molecule has 1 aliphatic rings. The van der Waals surface area contributed by atoms with Gasteiger partial charge in [0, 0.05) is 22.3 Å². The molecule has 0 bridgehead atoms. The van der Waals surface area contributed by atoms with Crippen LogP contribution in [0.2, 0.25) is 0 Å². The van der Waals surface area contributed by atoms with Crippen LogP contribution in [0.1, 0.15) is 144 Å². The van der Waals surface area contributed by atoms with E-state index in [0.717, 1.165) is 19.3 Å². The van der Waals surface area contributed by atoms with Gasteiger partial charge in [0.15, 0.2) is 11.6 Å². The first-order valence-electron chi connectivity index (χ1n) is 13.4. The lowest BCUT2D eigenvalue weighted by Gasteiger charge is -2.25. The Kier molecular flexibility index (Phi) is 14.0. The molecular formula is C29H50O3. The van der Waals surface area contributed by atoms with Gasteiger partial charge in [-0.05, 0) is 47.0 Å². The van der Waals surface area contributed by atoms with E-state index in [0.29, 0.717) is 35.1 Å². The van der Waals surface area contributed by atoms with Crippen molar-refractivity contribution in [3.8, 4) is 0 Å². The van der Waals surface area contributed by atoms with Gasteiger partial charge in [-0.3, -0.25) is 9.59 Å². The molecule has 3 heteroatoms. The number of aliphatic hydroxyl groups is 1. The Labute approximate surface area is 198 Å². The highest BCUT2D eigenvalue weighted by Crippen LogP contribution is 2.30. The predicted octanol–water partition coefficient (Wildman–Crippen LogP) is 8.19. The number of hydrogen-bond acceptors (Lipinski definition) is 3. The van der Waals surface area contributed by atoms with E-state index in [1.165, 1.54) is 77.0 Å².